The first kappa shape index (κ1) is 14.6. The normalized spacial score (nSPS) is 10.3. The van der Waals surface area contributed by atoms with Crippen LogP contribution in [-0.4, -0.2) is 11.1 Å². The summed E-state index contributed by atoms with van der Waals surface area (Å²) in [4.78, 5) is 11.2. The van der Waals surface area contributed by atoms with Crippen molar-refractivity contribution in [1.29, 1.82) is 0 Å². The van der Waals surface area contributed by atoms with Gasteiger partial charge in [-0.05, 0) is 74.9 Å². The van der Waals surface area contributed by atoms with E-state index in [4.69, 9.17) is 16.7 Å². The third-order valence-corrected chi connectivity index (χ3v) is 3.97. The molecule has 0 unspecified atom stereocenters. The molecular formula is C13H8BrClINO2. The van der Waals surface area contributed by atoms with Crippen LogP contribution in [-0.2, 0) is 0 Å². The summed E-state index contributed by atoms with van der Waals surface area (Å²) in [6.07, 6.45) is 0. The molecule has 2 rings (SSSR count). The number of anilines is 2. The van der Waals surface area contributed by atoms with Gasteiger partial charge in [0.15, 0.2) is 0 Å². The molecule has 0 aliphatic rings. The van der Waals surface area contributed by atoms with Crippen LogP contribution in [0.15, 0.2) is 40.9 Å². The van der Waals surface area contributed by atoms with Gasteiger partial charge >= 0.3 is 5.97 Å². The maximum absolute atomic E-state index is 11.2. The second-order valence-electron chi connectivity index (χ2n) is 3.74. The van der Waals surface area contributed by atoms with Crippen molar-refractivity contribution in [3.63, 3.8) is 0 Å². The topological polar surface area (TPSA) is 49.3 Å². The molecule has 98 valence electrons. The van der Waals surface area contributed by atoms with Crippen LogP contribution in [0.25, 0.3) is 0 Å². The summed E-state index contributed by atoms with van der Waals surface area (Å²) in [5.41, 5.74) is 1.43. The summed E-state index contributed by atoms with van der Waals surface area (Å²) in [6, 6.07) is 10.5. The lowest BCUT2D eigenvalue weighted by atomic mass is 10.1. The number of carboxylic acids is 1. The van der Waals surface area contributed by atoms with Crippen LogP contribution in [0.4, 0.5) is 11.4 Å². The number of hydrogen-bond donors (Lipinski definition) is 2. The smallest absolute Gasteiger partial charge is 0.337 e. The van der Waals surface area contributed by atoms with Gasteiger partial charge in [-0.2, -0.15) is 0 Å². The maximum Gasteiger partial charge on any atom is 0.337 e. The molecule has 0 aliphatic carbocycles. The lowest BCUT2D eigenvalue weighted by Crippen LogP contribution is -2.03. The monoisotopic (exact) mass is 451 g/mol. The molecule has 3 nitrogen and oxygen atoms in total. The fraction of sp³-hybridized carbons (Fsp3) is 0. The van der Waals surface area contributed by atoms with Crippen LogP contribution < -0.4 is 5.32 Å². The number of carboxylic acid groups (broad SMARTS) is 1. The molecule has 0 spiro atoms. The Morgan fingerprint density at radius 1 is 1.21 bits per heavy atom. The molecule has 0 saturated heterocycles. The van der Waals surface area contributed by atoms with Gasteiger partial charge in [-0.3, -0.25) is 0 Å². The van der Waals surface area contributed by atoms with Gasteiger partial charge in [0, 0.05) is 13.1 Å². The van der Waals surface area contributed by atoms with Gasteiger partial charge in [-0.1, -0.05) is 11.6 Å². The van der Waals surface area contributed by atoms with Gasteiger partial charge in [0.05, 0.1) is 16.9 Å². The molecule has 0 radical (unpaired) electrons. The van der Waals surface area contributed by atoms with Gasteiger partial charge in [0.1, 0.15) is 0 Å². The number of benzene rings is 2. The standard InChI is InChI=1S/C13H8BrClINO2/c14-10-6-8(16)2-4-12(10)17-11-3-1-7(15)5-9(11)13(18)19/h1-6,17H,(H,18,19). The van der Waals surface area contributed by atoms with Gasteiger partial charge < -0.3 is 10.4 Å². The molecule has 0 aliphatic heterocycles. The Hall–Kier alpha value is -0.790. The third kappa shape index (κ3) is 3.61. The molecule has 0 aromatic heterocycles. The van der Waals surface area contributed by atoms with Crippen LogP contribution >= 0.6 is 50.1 Å². The quantitative estimate of drug-likeness (QED) is 0.634. The van der Waals surface area contributed by atoms with Crippen LogP contribution in [0.5, 0.6) is 0 Å². The van der Waals surface area contributed by atoms with E-state index < -0.39 is 5.97 Å². The van der Waals surface area contributed by atoms with Gasteiger partial charge in [0.2, 0.25) is 0 Å². The molecule has 2 N–H and O–H groups in total. The van der Waals surface area contributed by atoms with E-state index >= 15 is 0 Å². The second kappa shape index (κ2) is 6.11. The highest BCUT2D eigenvalue weighted by Gasteiger charge is 2.12. The van der Waals surface area contributed by atoms with Gasteiger partial charge in [0.25, 0.3) is 0 Å². The average Bonchev–Trinajstić information content (AvgIpc) is 2.34. The first-order valence-corrected chi connectivity index (χ1v) is 7.47. The van der Waals surface area contributed by atoms with Crippen molar-refractivity contribution in [3.05, 3.63) is 55.0 Å². The van der Waals surface area contributed by atoms with Gasteiger partial charge in [-0.25, -0.2) is 4.79 Å². The summed E-state index contributed by atoms with van der Waals surface area (Å²) < 4.78 is 1.95. The SMILES string of the molecule is O=C(O)c1cc(Cl)ccc1Nc1ccc(I)cc1Br. The summed E-state index contributed by atoms with van der Waals surface area (Å²) in [6.45, 7) is 0. The minimum atomic E-state index is -1.02. The Labute approximate surface area is 137 Å². The molecule has 0 atom stereocenters. The highest BCUT2D eigenvalue weighted by molar-refractivity contribution is 14.1. The fourth-order valence-corrected chi connectivity index (χ4v) is 3.11. The van der Waals surface area contributed by atoms with Crippen molar-refractivity contribution in [2.75, 3.05) is 5.32 Å². The predicted molar refractivity (Wildman–Crippen MR) is 88.6 cm³/mol. The zero-order valence-corrected chi connectivity index (χ0v) is 14.0. The number of carbonyl (C=O) groups is 1. The van der Waals surface area contributed by atoms with E-state index in [1.807, 2.05) is 18.2 Å². The molecule has 0 bridgehead atoms. The summed E-state index contributed by atoms with van der Waals surface area (Å²) >= 11 is 11.5. The summed E-state index contributed by atoms with van der Waals surface area (Å²) in [5.74, 6) is -1.02. The molecule has 2 aromatic carbocycles. The maximum atomic E-state index is 11.2. The second-order valence-corrected chi connectivity index (χ2v) is 6.28. The fourth-order valence-electron chi connectivity index (χ4n) is 1.54. The Bertz CT molecular complexity index is 649. The first-order valence-electron chi connectivity index (χ1n) is 5.22. The Morgan fingerprint density at radius 3 is 2.53 bits per heavy atom. The zero-order chi connectivity index (χ0) is 14.0. The molecule has 0 heterocycles. The van der Waals surface area contributed by atoms with E-state index in [1.54, 1.807) is 12.1 Å². The molecule has 0 saturated carbocycles. The van der Waals surface area contributed by atoms with Crippen LogP contribution in [0.3, 0.4) is 0 Å². The largest absolute Gasteiger partial charge is 0.478 e. The lowest BCUT2D eigenvalue weighted by Gasteiger charge is -2.11. The number of halogens is 3. The molecule has 0 amide bonds. The molecule has 19 heavy (non-hydrogen) atoms. The first-order chi connectivity index (χ1) is 8.97. The van der Waals surface area contributed by atoms with E-state index in [2.05, 4.69) is 43.8 Å². The number of rotatable bonds is 3. The van der Waals surface area contributed by atoms with Crippen molar-refractivity contribution in [2.45, 2.75) is 0 Å². The van der Waals surface area contributed by atoms with E-state index in [0.717, 1.165) is 13.7 Å². The Morgan fingerprint density at radius 2 is 1.89 bits per heavy atom. The van der Waals surface area contributed by atoms with Gasteiger partial charge in [-0.15, -0.1) is 0 Å². The van der Waals surface area contributed by atoms with Crippen molar-refractivity contribution in [2.24, 2.45) is 0 Å². The average molecular weight is 452 g/mol. The van der Waals surface area contributed by atoms with Crippen molar-refractivity contribution in [3.8, 4) is 0 Å². The molecule has 0 fully saturated rings. The highest BCUT2D eigenvalue weighted by atomic mass is 127. The van der Waals surface area contributed by atoms with Crippen molar-refractivity contribution in [1.82, 2.24) is 0 Å². The van der Waals surface area contributed by atoms with Crippen molar-refractivity contribution < 1.29 is 9.90 Å². The van der Waals surface area contributed by atoms with Crippen LogP contribution in [0.1, 0.15) is 10.4 Å². The third-order valence-electron chi connectivity index (χ3n) is 2.41. The minimum absolute atomic E-state index is 0.137. The van der Waals surface area contributed by atoms with E-state index in [-0.39, 0.29) is 5.56 Å². The predicted octanol–water partition coefficient (Wildman–Crippen LogP) is 5.15. The molecule has 6 heteroatoms. The van der Waals surface area contributed by atoms with Crippen molar-refractivity contribution >= 4 is 67.5 Å². The summed E-state index contributed by atoms with van der Waals surface area (Å²) in [7, 11) is 0. The Kier molecular flexibility index (Phi) is 4.70. The molecule has 2 aromatic rings. The van der Waals surface area contributed by atoms with E-state index in [0.29, 0.717) is 10.7 Å². The van der Waals surface area contributed by atoms with E-state index in [1.165, 1.54) is 6.07 Å². The zero-order valence-electron chi connectivity index (χ0n) is 9.45. The van der Waals surface area contributed by atoms with Crippen LogP contribution in [0.2, 0.25) is 5.02 Å². The van der Waals surface area contributed by atoms with E-state index in [9.17, 15) is 4.79 Å². The minimum Gasteiger partial charge on any atom is -0.478 e. The number of nitrogens with one attached hydrogen (secondary N) is 1. The highest BCUT2D eigenvalue weighted by Crippen LogP contribution is 2.30. The summed E-state index contributed by atoms with van der Waals surface area (Å²) in [5, 5.41) is 12.7. The van der Waals surface area contributed by atoms with Crippen LogP contribution in [0, 0.1) is 3.57 Å². The number of aromatic carboxylic acids is 1. The lowest BCUT2D eigenvalue weighted by molar-refractivity contribution is 0.0698. The Balaban J connectivity index is 2.40. The number of hydrogen-bond acceptors (Lipinski definition) is 2. The molecular weight excluding hydrogens is 444 g/mol.